The summed E-state index contributed by atoms with van der Waals surface area (Å²) in [5.74, 6) is -0.606. The van der Waals surface area contributed by atoms with Gasteiger partial charge in [0.05, 0.1) is 6.61 Å². The van der Waals surface area contributed by atoms with Crippen LogP contribution >= 0.6 is 0 Å². The van der Waals surface area contributed by atoms with Crippen LogP contribution in [0.25, 0.3) is 0 Å². The van der Waals surface area contributed by atoms with Crippen LogP contribution in [0.3, 0.4) is 0 Å². The number of aliphatic hydroxyl groups is 1. The maximum atomic E-state index is 12.3. The predicted molar refractivity (Wildman–Crippen MR) is 315 cm³/mol. The van der Waals surface area contributed by atoms with E-state index in [0.29, 0.717) is 12.8 Å². The van der Waals surface area contributed by atoms with Crippen LogP contribution in [0.5, 0.6) is 0 Å². The molecule has 0 aromatic carbocycles. The molecule has 0 aliphatic rings. The summed E-state index contributed by atoms with van der Waals surface area (Å²) in [4.78, 5) is 24.6. The van der Waals surface area contributed by atoms with E-state index in [-0.39, 0.29) is 25.2 Å². The minimum Gasteiger partial charge on any atom is -0.462 e. The molecule has 0 saturated carbocycles. The number of aliphatic hydroxyl groups excluding tert-OH is 1. The standard InChI is InChI=1S/C67H112O5/c1-3-5-7-9-11-13-15-17-19-21-23-25-27-29-30-31-32-33-34-35-36-38-39-41-43-45-47-49-51-53-55-57-59-61-66(69)71-64-65(63-68)72-67(70)62-60-58-56-54-52-50-48-46-44-42-40-37-28-26-24-22-20-18-16-14-12-10-8-6-4-2/h5-8,11-14,17-20,23-26,37,40,44,46,65,68H,3-4,9-10,15-16,21-22,27-36,38-39,41-43,45,47-64H2,1-2H3/b7-5-,8-6-,13-11-,14-12-,19-17-,20-18-,25-23-,26-24-,40-37-,46-44-. The second-order valence-corrected chi connectivity index (χ2v) is 19.7. The normalized spacial score (nSPS) is 13.1. The number of esters is 2. The molecule has 1 atom stereocenters. The molecule has 0 fully saturated rings. The third-order valence-corrected chi connectivity index (χ3v) is 12.8. The fraction of sp³-hybridized carbons (Fsp3) is 0.672. The third kappa shape index (κ3) is 58.9. The van der Waals surface area contributed by atoms with Gasteiger partial charge in [0.25, 0.3) is 0 Å². The van der Waals surface area contributed by atoms with E-state index in [1.807, 2.05) is 0 Å². The Balaban J connectivity index is 3.50. The summed E-state index contributed by atoms with van der Waals surface area (Å²) in [6.45, 7) is 3.92. The maximum absolute atomic E-state index is 12.3. The Morgan fingerprint density at radius 1 is 0.319 bits per heavy atom. The smallest absolute Gasteiger partial charge is 0.306 e. The first-order valence-electron chi connectivity index (χ1n) is 30.1. The van der Waals surface area contributed by atoms with E-state index in [2.05, 4.69) is 135 Å². The van der Waals surface area contributed by atoms with Crippen molar-refractivity contribution in [2.75, 3.05) is 13.2 Å². The van der Waals surface area contributed by atoms with E-state index >= 15 is 0 Å². The topological polar surface area (TPSA) is 72.8 Å². The van der Waals surface area contributed by atoms with E-state index in [0.717, 1.165) is 109 Å². The number of carbonyl (C=O) groups excluding carboxylic acids is 2. The molecule has 1 unspecified atom stereocenters. The van der Waals surface area contributed by atoms with Crippen molar-refractivity contribution in [1.29, 1.82) is 0 Å². The Bertz CT molecular complexity index is 1450. The highest BCUT2D eigenvalue weighted by molar-refractivity contribution is 5.70. The van der Waals surface area contributed by atoms with Crippen molar-refractivity contribution in [3.05, 3.63) is 122 Å². The van der Waals surface area contributed by atoms with Crippen LogP contribution in [0.15, 0.2) is 122 Å². The average molecular weight is 998 g/mol. The second-order valence-electron chi connectivity index (χ2n) is 19.7. The first-order valence-corrected chi connectivity index (χ1v) is 30.1. The summed E-state index contributed by atoms with van der Waals surface area (Å²) in [5, 5.41) is 9.67. The molecule has 72 heavy (non-hydrogen) atoms. The quantitative estimate of drug-likeness (QED) is 0.0373. The number of unbranched alkanes of at least 4 members (excludes halogenated alkanes) is 26. The average Bonchev–Trinajstić information content (AvgIpc) is 3.38. The SMILES string of the molecule is CC/C=C\C/C=C\C/C=C\C/C=C\C/C=C\C/C=C\CCCCCCCCC(=O)OC(CO)COC(=O)CCCCCCCCCCCCCCCCCCCCCC/C=C\C/C=C\C/C=C\C/C=C\CC. The molecule has 0 rings (SSSR count). The zero-order chi connectivity index (χ0) is 52.0. The van der Waals surface area contributed by atoms with Gasteiger partial charge >= 0.3 is 11.9 Å². The van der Waals surface area contributed by atoms with Gasteiger partial charge in [-0.3, -0.25) is 9.59 Å². The van der Waals surface area contributed by atoms with Crippen molar-refractivity contribution in [2.45, 2.75) is 277 Å². The number of hydrogen-bond acceptors (Lipinski definition) is 5. The van der Waals surface area contributed by atoms with Crippen molar-refractivity contribution >= 4 is 11.9 Å². The van der Waals surface area contributed by atoms with E-state index in [9.17, 15) is 14.7 Å². The molecular formula is C67H112O5. The number of rotatable bonds is 54. The van der Waals surface area contributed by atoms with Crippen LogP contribution < -0.4 is 0 Å². The van der Waals surface area contributed by atoms with Crippen molar-refractivity contribution in [3.63, 3.8) is 0 Å². The lowest BCUT2D eigenvalue weighted by Crippen LogP contribution is -2.28. The van der Waals surface area contributed by atoms with Crippen LogP contribution in [0.4, 0.5) is 0 Å². The molecule has 0 aromatic rings. The fourth-order valence-electron chi connectivity index (χ4n) is 8.32. The van der Waals surface area contributed by atoms with Gasteiger partial charge in [-0.1, -0.05) is 277 Å². The molecule has 1 N–H and O–H groups in total. The molecule has 410 valence electrons. The molecule has 0 saturated heterocycles. The van der Waals surface area contributed by atoms with Gasteiger partial charge in [-0.05, 0) is 103 Å². The molecule has 0 aromatic heterocycles. The van der Waals surface area contributed by atoms with E-state index < -0.39 is 6.10 Å². The Kier molecular flexibility index (Phi) is 58.4. The van der Waals surface area contributed by atoms with E-state index in [4.69, 9.17) is 9.47 Å². The first kappa shape index (κ1) is 68.3. The van der Waals surface area contributed by atoms with Gasteiger partial charge in [0.15, 0.2) is 6.10 Å². The highest BCUT2D eigenvalue weighted by Crippen LogP contribution is 2.16. The fourth-order valence-corrected chi connectivity index (χ4v) is 8.32. The maximum Gasteiger partial charge on any atom is 0.306 e. The third-order valence-electron chi connectivity index (χ3n) is 12.8. The lowest BCUT2D eigenvalue weighted by atomic mass is 10.0. The molecule has 0 aliphatic heterocycles. The van der Waals surface area contributed by atoms with Crippen molar-refractivity contribution in [2.24, 2.45) is 0 Å². The van der Waals surface area contributed by atoms with Crippen molar-refractivity contribution in [1.82, 2.24) is 0 Å². The van der Waals surface area contributed by atoms with Crippen molar-refractivity contribution in [3.8, 4) is 0 Å². The van der Waals surface area contributed by atoms with Gasteiger partial charge in [0.1, 0.15) is 6.61 Å². The molecular weight excluding hydrogens is 885 g/mol. The van der Waals surface area contributed by atoms with Crippen molar-refractivity contribution < 1.29 is 24.2 Å². The Morgan fingerprint density at radius 2 is 0.556 bits per heavy atom. The van der Waals surface area contributed by atoms with Gasteiger partial charge in [-0.25, -0.2) is 0 Å². The zero-order valence-corrected chi connectivity index (χ0v) is 46.9. The van der Waals surface area contributed by atoms with Crippen LogP contribution in [0.2, 0.25) is 0 Å². The Labute approximate surface area is 445 Å². The number of hydrogen-bond donors (Lipinski definition) is 1. The molecule has 0 aliphatic carbocycles. The van der Waals surface area contributed by atoms with Crippen LogP contribution in [0, 0.1) is 0 Å². The molecule has 0 amide bonds. The van der Waals surface area contributed by atoms with Gasteiger partial charge in [-0.15, -0.1) is 0 Å². The molecule has 5 heteroatoms. The molecule has 0 bridgehead atoms. The predicted octanol–water partition coefficient (Wildman–Crippen LogP) is 20.6. The molecule has 0 radical (unpaired) electrons. The first-order chi connectivity index (χ1) is 35.6. The summed E-state index contributed by atoms with van der Waals surface area (Å²) in [6.07, 6.45) is 90.4. The Morgan fingerprint density at radius 3 is 0.833 bits per heavy atom. The van der Waals surface area contributed by atoms with Crippen LogP contribution in [-0.4, -0.2) is 36.4 Å². The summed E-state index contributed by atoms with van der Waals surface area (Å²) in [7, 11) is 0. The van der Waals surface area contributed by atoms with Crippen LogP contribution in [-0.2, 0) is 19.1 Å². The number of ether oxygens (including phenoxy) is 2. The Hall–Kier alpha value is -3.70. The van der Waals surface area contributed by atoms with Gasteiger partial charge in [-0.2, -0.15) is 0 Å². The monoisotopic (exact) mass is 997 g/mol. The lowest BCUT2D eigenvalue weighted by molar-refractivity contribution is -0.161. The van der Waals surface area contributed by atoms with Gasteiger partial charge in [0, 0.05) is 12.8 Å². The highest BCUT2D eigenvalue weighted by Gasteiger charge is 2.16. The minimum absolute atomic E-state index is 0.0763. The molecule has 0 spiro atoms. The summed E-state index contributed by atoms with van der Waals surface area (Å²) >= 11 is 0. The molecule has 0 heterocycles. The minimum atomic E-state index is -0.788. The van der Waals surface area contributed by atoms with E-state index in [1.165, 1.54) is 135 Å². The highest BCUT2D eigenvalue weighted by atomic mass is 16.6. The van der Waals surface area contributed by atoms with Gasteiger partial charge < -0.3 is 14.6 Å². The number of allylic oxidation sites excluding steroid dienone is 20. The van der Waals surface area contributed by atoms with E-state index in [1.54, 1.807) is 0 Å². The number of carbonyl (C=O) groups is 2. The van der Waals surface area contributed by atoms with Gasteiger partial charge in [0.2, 0.25) is 0 Å². The second kappa shape index (κ2) is 61.6. The largest absolute Gasteiger partial charge is 0.462 e. The summed E-state index contributed by atoms with van der Waals surface area (Å²) in [5.41, 5.74) is 0. The zero-order valence-electron chi connectivity index (χ0n) is 46.9. The molecule has 5 nitrogen and oxygen atoms in total. The summed E-state index contributed by atoms with van der Waals surface area (Å²) in [6, 6.07) is 0. The van der Waals surface area contributed by atoms with Crippen LogP contribution in [0.1, 0.15) is 271 Å². The summed E-state index contributed by atoms with van der Waals surface area (Å²) < 4.78 is 10.7. The lowest BCUT2D eigenvalue weighted by Gasteiger charge is -2.15.